The zero-order valence-electron chi connectivity index (χ0n) is 13.9. The number of nitro groups is 1. The van der Waals surface area contributed by atoms with Crippen molar-refractivity contribution in [3.8, 4) is 0 Å². The number of benzene rings is 2. The molecular formula is C18H14N4O5. The van der Waals surface area contributed by atoms with Crippen LogP contribution >= 0.6 is 0 Å². The van der Waals surface area contributed by atoms with Gasteiger partial charge in [0.1, 0.15) is 6.04 Å². The van der Waals surface area contributed by atoms with Crippen LogP contribution in [0.4, 0.5) is 5.69 Å². The van der Waals surface area contributed by atoms with E-state index in [-0.39, 0.29) is 17.7 Å². The van der Waals surface area contributed by atoms with Gasteiger partial charge in [-0.2, -0.15) is 0 Å². The number of carboxylic acid groups (broad SMARTS) is 1. The number of carboxylic acids is 1. The van der Waals surface area contributed by atoms with Gasteiger partial charge in [-0.3, -0.25) is 19.9 Å². The Morgan fingerprint density at radius 3 is 2.59 bits per heavy atom. The van der Waals surface area contributed by atoms with E-state index in [9.17, 15) is 24.8 Å². The Morgan fingerprint density at radius 2 is 1.89 bits per heavy atom. The van der Waals surface area contributed by atoms with Crippen molar-refractivity contribution in [3.63, 3.8) is 0 Å². The molecule has 0 unspecified atom stereocenters. The lowest BCUT2D eigenvalue weighted by molar-refractivity contribution is -0.384. The first kappa shape index (κ1) is 17.9. The Bertz CT molecular complexity index is 1040. The Kier molecular flexibility index (Phi) is 5.02. The number of nitrogens with zero attached hydrogens (tertiary/aromatic N) is 3. The molecule has 2 N–H and O–H groups in total. The molecule has 3 rings (SSSR count). The first-order valence-electron chi connectivity index (χ1n) is 7.93. The number of hydrogen-bond acceptors (Lipinski definition) is 6. The normalized spacial score (nSPS) is 11.7. The molecule has 0 aliphatic rings. The summed E-state index contributed by atoms with van der Waals surface area (Å²) in [6.45, 7) is 0. The van der Waals surface area contributed by atoms with E-state index in [0.29, 0.717) is 16.7 Å². The third kappa shape index (κ3) is 4.21. The largest absolute Gasteiger partial charge is 0.480 e. The monoisotopic (exact) mass is 366 g/mol. The lowest BCUT2D eigenvalue weighted by Gasteiger charge is -2.14. The lowest BCUT2D eigenvalue weighted by Crippen LogP contribution is -2.42. The number of amides is 1. The van der Waals surface area contributed by atoms with Crippen LogP contribution in [0.3, 0.4) is 0 Å². The van der Waals surface area contributed by atoms with Crippen molar-refractivity contribution >= 4 is 28.6 Å². The number of rotatable bonds is 6. The quantitative estimate of drug-likeness (QED) is 0.503. The summed E-state index contributed by atoms with van der Waals surface area (Å²) >= 11 is 0. The van der Waals surface area contributed by atoms with Crippen LogP contribution in [0.5, 0.6) is 0 Å². The van der Waals surface area contributed by atoms with Gasteiger partial charge in [-0.05, 0) is 18.2 Å². The molecule has 2 aromatic carbocycles. The van der Waals surface area contributed by atoms with Crippen molar-refractivity contribution in [3.05, 3.63) is 76.1 Å². The van der Waals surface area contributed by atoms with Crippen molar-refractivity contribution in [1.82, 2.24) is 15.3 Å². The lowest BCUT2D eigenvalue weighted by atomic mass is 10.1. The summed E-state index contributed by atoms with van der Waals surface area (Å²) in [6.07, 6.45) is 1.38. The average molecular weight is 366 g/mol. The number of nitrogens with one attached hydrogen (secondary N) is 1. The Morgan fingerprint density at radius 1 is 1.15 bits per heavy atom. The highest BCUT2D eigenvalue weighted by atomic mass is 16.6. The number of carbonyl (C=O) groups excluding carboxylic acids is 1. The van der Waals surface area contributed by atoms with Crippen molar-refractivity contribution < 1.29 is 19.6 Å². The number of aromatic nitrogens is 2. The highest BCUT2D eigenvalue weighted by Gasteiger charge is 2.23. The van der Waals surface area contributed by atoms with Gasteiger partial charge >= 0.3 is 5.97 Å². The average Bonchev–Trinajstić information content (AvgIpc) is 2.67. The van der Waals surface area contributed by atoms with Crippen molar-refractivity contribution in [2.45, 2.75) is 12.5 Å². The Hall–Kier alpha value is -3.88. The molecule has 27 heavy (non-hydrogen) atoms. The molecule has 0 saturated heterocycles. The fourth-order valence-electron chi connectivity index (χ4n) is 2.51. The number of carbonyl (C=O) groups is 2. The molecule has 0 radical (unpaired) electrons. The van der Waals surface area contributed by atoms with Crippen LogP contribution in [0, 0.1) is 10.1 Å². The van der Waals surface area contributed by atoms with Crippen molar-refractivity contribution in [2.24, 2.45) is 0 Å². The minimum Gasteiger partial charge on any atom is -0.480 e. The van der Waals surface area contributed by atoms with Crippen LogP contribution in [0.2, 0.25) is 0 Å². The number of nitro benzene ring substituents is 1. The number of non-ortho nitro benzene ring substituents is 1. The maximum Gasteiger partial charge on any atom is 0.326 e. The predicted molar refractivity (Wildman–Crippen MR) is 95.2 cm³/mol. The minimum absolute atomic E-state index is 0.0000423. The number of aliphatic carboxylic acids is 1. The molecule has 0 aliphatic carbocycles. The van der Waals surface area contributed by atoms with E-state index in [2.05, 4.69) is 15.3 Å². The van der Waals surface area contributed by atoms with Gasteiger partial charge in [-0.1, -0.05) is 18.2 Å². The van der Waals surface area contributed by atoms with Crippen LogP contribution in [-0.2, 0) is 11.2 Å². The molecular weight excluding hydrogens is 352 g/mol. The Balaban J connectivity index is 1.79. The van der Waals surface area contributed by atoms with Gasteiger partial charge in [-0.15, -0.1) is 0 Å². The second-order valence-electron chi connectivity index (χ2n) is 5.73. The fraction of sp³-hybridized carbons (Fsp3) is 0.111. The second-order valence-corrected chi connectivity index (χ2v) is 5.73. The highest BCUT2D eigenvalue weighted by Crippen LogP contribution is 2.14. The molecule has 0 spiro atoms. The number of para-hydroxylation sites is 2. The maximum atomic E-state index is 12.3. The summed E-state index contributed by atoms with van der Waals surface area (Å²) in [4.78, 5) is 42.6. The fourth-order valence-corrected chi connectivity index (χ4v) is 2.51. The maximum absolute atomic E-state index is 12.3. The Labute approximate surface area is 152 Å². The van der Waals surface area contributed by atoms with Gasteiger partial charge < -0.3 is 10.4 Å². The molecule has 0 bridgehead atoms. The van der Waals surface area contributed by atoms with E-state index in [0.717, 1.165) is 6.07 Å². The van der Waals surface area contributed by atoms with Gasteiger partial charge in [0.15, 0.2) is 0 Å². The molecule has 0 aliphatic heterocycles. The van der Waals surface area contributed by atoms with Crippen LogP contribution in [0.1, 0.15) is 16.1 Å². The minimum atomic E-state index is -1.26. The van der Waals surface area contributed by atoms with E-state index < -0.39 is 22.8 Å². The summed E-state index contributed by atoms with van der Waals surface area (Å²) < 4.78 is 0. The summed E-state index contributed by atoms with van der Waals surface area (Å²) in [7, 11) is 0. The van der Waals surface area contributed by atoms with Crippen LogP contribution in [-0.4, -0.2) is 37.9 Å². The number of hydrogen-bond donors (Lipinski definition) is 2. The molecule has 0 saturated carbocycles. The van der Waals surface area contributed by atoms with E-state index in [1.807, 2.05) is 6.07 Å². The summed E-state index contributed by atoms with van der Waals surface area (Å²) in [5.74, 6) is -1.97. The predicted octanol–water partition coefficient (Wildman–Crippen LogP) is 1.96. The van der Waals surface area contributed by atoms with Gasteiger partial charge in [0, 0.05) is 30.3 Å². The summed E-state index contributed by atoms with van der Waals surface area (Å²) in [5, 5.41) is 22.6. The van der Waals surface area contributed by atoms with Crippen LogP contribution in [0.25, 0.3) is 11.0 Å². The van der Waals surface area contributed by atoms with Gasteiger partial charge in [-0.25, -0.2) is 9.78 Å². The van der Waals surface area contributed by atoms with Gasteiger partial charge in [0.2, 0.25) is 0 Å². The van der Waals surface area contributed by atoms with E-state index in [1.54, 1.807) is 18.2 Å². The van der Waals surface area contributed by atoms with E-state index >= 15 is 0 Å². The zero-order valence-corrected chi connectivity index (χ0v) is 13.9. The molecule has 0 fully saturated rings. The van der Waals surface area contributed by atoms with E-state index in [1.165, 1.54) is 24.4 Å². The molecule has 136 valence electrons. The molecule has 1 amide bonds. The standard InChI is InChI=1S/C18H14N4O5/c23-17(11-4-3-5-13(8-11)22(26)27)21-16(18(24)25)9-12-10-19-14-6-1-2-7-15(14)20-12/h1-8,10,16H,9H2,(H,21,23)(H,24,25)/t16-/m1/s1. The van der Waals surface area contributed by atoms with Gasteiger partial charge in [0.25, 0.3) is 11.6 Å². The molecule has 1 heterocycles. The van der Waals surface area contributed by atoms with Crippen molar-refractivity contribution in [2.75, 3.05) is 0 Å². The third-order valence-corrected chi connectivity index (χ3v) is 3.83. The molecule has 1 atom stereocenters. The smallest absolute Gasteiger partial charge is 0.326 e. The summed E-state index contributed by atoms with van der Waals surface area (Å²) in [6, 6.07) is 10.9. The first-order chi connectivity index (χ1) is 12.9. The molecule has 9 heteroatoms. The highest BCUT2D eigenvalue weighted by molar-refractivity contribution is 5.97. The third-order valence-electron chi connectivity index (χ3n) is 3.83. The summed E-state index contributed by atoms with van der Waals surface area (Å²) in [5.41, 5.74) is 1.44. The van der Waals surface area contributed by atoms with E-state index in [4.69, 9.17) is 0 Å². The molecule has 1 aromatic heterocycles. The van der Waals surface area contributed by atoms with Gasteiger partial charge in [0.05, 0.1) is 21.7 Å². The van der Waals surface area contributed by atoms with Crippen molar-refractivity contribution in [1.29, 1.82) is 0 Å². The molecule has 9 nitrogen and oxygen atoms in total. The number of fused-ring (bicyclic) bond motifs is 1. The zero-order chi connectivity index (χ0) is 19.4. The van der Waals surface area contributed by atoms with Crippen LogP contribution < -0.4 is 5.32 Å². The molecule has 3 aromatic rings. The first-order valence-corrected chi connectivity index (χ1v) is 7.93. The SMILES string of the molecule is O=C(N[C@H](Cc1cnc2ccccc2n1)C(=O)O)c1cccc([N+](=O)[O-])c1. The van der Waals surface area contributed by atoms with Crippen LogP contribution in [0.15, 0.2) is 54.7 Å². The topological polar surface area (TPSA) is 135 Å². The second kappa shape index (κ2) is 7.56.